The van der Waals surface area contributed by atoms with Crippen molar-refractivity contribution >= 4 is 21.6 Å². The number of sulfone groups is 1. The lowest BCUT2D eigenvalue weighted by Gasteiger charge is -2.21. The van der Waals surface area contributed by atoms with Gasteiger partial charge in [0.1, 0.15) is 4.90 Å². The third-order valence-electron chi connectivity index (χ3n) is 6.77. The van der Waals surface area contributed by atoms with E-state index in [0.29, 0.717) is 48.2 Å². The highest BCUT2D eigenvalue weighted by Crippen LogP contribution is 2.48. The molecule has 41 heavy (non-hydrogen) atoms. The maximum absolute atomic E-state index is 13.4. The van der Waals surface area contributed by atoms with Crippen LogP contribution in [0.3, 0.4) is 0 Å². The number of aromatic nitrogens is 1. The van der Waals surface area contributed by atoms with E-state index in [-0.39, 0.29) is 28.6 Å². The fraction of sp³-hybridized carbons (Fsp3) is 0.433. The minimum Gasteiger partial charge on any atom is -0.493 e. The molecule has 1 aliphatic rings. The molecule has 1 saturated heterocycles. The molecule has 1 fully saturated rings. The minimum atomic E-state index is -3.63. The van der Waals surface area contributed by atoms with Crippen molar-refractivity contribution in [2.45, 2.75) is 48.2 Å². The Morgan fingerprint density at radius 3 is 1.95 bits per heavy atom. The molecular weight excluding hydrogens is 566 g/mol. The van der Waals surface area contributed by atoms with Gasteiger partial charge in [0, 0.05) is 23.0 Å². The molecule has 9 nitrogen and oxygen atoms in total. The van der Waals surface area contributed by atoms with Gasteiger partial charge in [0.05, 0.1) is 53.0 Å². The largest absolute Gasteiger partial charge is 0.493 e. The zero-order valence-electron chi connectivity index (χ0n) is 24.0. The molecule has 11 heteroatoms. The molecule has 222 valence electrons. The first kappa shape index (κ1) is 30.8. The van der Waals surface area contributed by atoms with Gasteiger partial charge in [-0.1, -0.05) is 6.92 Å². The number of rotatable bonds is 14. The van der Waals surface area contributed by atoms with Gasteiger partial charge in [0.15, 0.2) is 32.8 Å². The van der Waals surface area contributed by atoms with Crippen LogP contribution in [-0.4, -0.2) is 60.0 Å². The van der Waals surface area contributed by atoms with Gasteiger partial charge < -0.3 is 28.4 Å². The highest BCUT2D eigenvalue weighted by atomic mass is 32.2. The lowest BCUT2D eigenvalue weighted by molar-refractivity contribution is 0.0435. The first-order valence-corrected chi connectivity index (χ1v) is 16.0. The van der Waals surface area contributed by atoms with Gasteiger partial charge in [-0.15, -0.1) is 11.8 Å². The number of nitrogens with zero attached hydrogens (tertiary/aromatic N) is 1. The number of thioether (sulfide) groups is 1. The van der Waals surface area contributed by atoms with Crippen LogP contribution in [0.25, 0.3) is 0 Å². The Hall–Kier alpha value is -3.15. The molecule has 2 atom stereocenters. The Bertz CT molecular complexity index is 1390. The summed E-state index contributed by atoms with van der Waals surface area (Å²) in [6, 6.07) is 11.1. The average molecular weight is 604 g/mol. The van der Waals surface area contributed by atoms with Crippen LogP contribution in [0.15, 0.2) is 58.6 Å². The van der Waals surface area contributed by atoms with Crippen molar-refractivity contribution < 1.29 is 36.8 Å². The van der Waals surface area contributed by atoms with Crippen molar-refractivity contribution in [1.82, 2.24) is 4.98 Å². The van der Waals surface area contributed by atoms with Gasteiger partial charge in [0.2, 0.25) is 5.75 Å². The molecule has 2 heterocycles. The molecule has 1 aromatic heterocycles. The van der Waals surface area contributed by atoms with Crippen LogP contribution < -0.4 is 23.7 Å². The monoisotopic (exact) mass is 603 g/mol. The molecule has 0 bridgehead atoms. The van der Waals surface area contributed by atoms with Crippen molar-refractivity contribution in [2.75, 3.05) is 46.6 Å². The van der Waals surface area contributed by atoms with Gasteiger partial charge in [-0.3, -0.25) is 4.98 Å². The second-order valence-electron chi connectivity index (χ2n) is 9.40. The fourth-order valence-corrected chi connectivity index (χ4v) is 7.07. The van der Waals surface area contributed by atoms with Crippen LogP contribution in [0, 0.1) is 0 Å². The topological polar surface area (TPSA) is 102 Å². The standard InChI is InChI=1S/C30H37NO8S2/c1-6-15-41(32,33)28-19-21(18-27(36-4)30(28)38-13-14-40-22-9-11-31-12-10-22)24-8-7-23(39-24)20-16-25(34-2)29(37-5)26(17-20)35-3/h9-12,16-19,23-24H,6-8,13-15H2,1-5H3. The number of benzene rings is 2. The number of ether oxygens (including phenoxy) is 6. The van der Waals surface area contributed by atoms with E-state index in [2.05, 4.69) is 4.98 Å². The third-order valence-corrected chi connectivity index (χ3v) is 9.66. The van der Waals surface area contributed by atoms with Crippen LogP contribution in [-0.2, 0) is 14.6 Å². The minimum absolute atomic E-state index is 0.00131. The second kappa shape index (κ2) is 14.2. The summed E-state index contributed by atoms with van der Waals surface area (Å²) in [5, 5.41) is 0. The smallest absolute Gasteiger partial charge is 0.203 e. The highest BCUT2D eigenvalue weighted by Gasteiger charge is 2.32. The van der Waals surface area contributed by atoms with E-state index in [1.54, 1.807) is 51.6 Å². The molecule has 0 amide bonds. The zero-order chi connectivity index (χ0) is 29.4. The van der Waals surface area contributed by atoms with E-state index >= 15 is 0 Å². The first-order chi connectivity index (χ1) is 19.8. The van der Waals surface area contributed by atoms with E-state index in [1.807, 2.05) is 37.3 Å². The van der Waals surface area contributed by atoms with Crippen LogP contribution in [0.5, 0.6) is 28.7 Å². The summed E-state index contributed by atoms with van der Waals surface area (Å²) >= 11 is 1.60. The van der Waals surface area contributed by atoms with E-state index in [4.69, 9.17) is 28.4 Å². The summed E-state index contributed by atoms with van der Waals surface area (Å²) in [4.78, 5) is 5.22. The predicted octanol–water partition coefficient (Wildman–Crippen LogP) is 6.06. The Kier molecular flexibility index (Phi) is 10.6. The molecule has 4 rings (SSSR count). The number of methoxy groups -OCH3 is 4. The van der Waals surface area contributed by atoms with E-state index in [1.165, 1.54) is 7.11 Å². The second-order valence-corrected chi connectivity index (χ2v) is 12.6. The Labute approximate surface area is 246 Å². The molecule has 1 aliphatic heterocycles. The summed E-state index contributed by atoms with van der Waals surface area (Å²) in [5.41, 5.74) is 1.62. The van der Waals surface area contributed by atoms with Crippen molar-refractivity contribution in [3.05, 3.63) is 59.9 Å². The van der Waals surface area contributed by atoms with Crippen LogP contribution in [0.1, 0.15) is 49.5 Å². The third kappa shape index (κ3) is 7.20. The lowest BCUT2D eigenvalue weighted by Crippen LogP contribution is -2.12. The van der Waals surface area contributed by atoms with Crippen molar-refractivity contribution in [3.8, 4) is 28.7 Å². The Morgan fingerprint density at radius 1 is 0.854 bits per heavy atom. The van der Waals surface area contributed by atoms with Gasteiger partial charge in [-0.05, 0) is 66.8 Å². The zero-order valence-corrected chi connectivity index (χ0v) is 25.7. The maximum Gasteiger partial charge on any atom is 0.203 e. The molecule has 3 aromatic rings. The molecule has 0 N–H and O–H groups in total. The normalized spacial score (nSPS) is 16.8. The summed E-state index contributed by atoms with van der Waals surface area (Å²) in [6.45, 7) is 2.15. The summed E-state index contributed by atoms with van der Waals surface area (Å²) in [5.74, 6) is 2.84. The molecule has 0 saturated carbocycles. The molecule has 0 spiro atoms. The van der Waals surface area contributed by atoms with E-state index in [0.717, 1.165) is 22.4 Å². The highest BCUT2D eigenvalue weighted by molar-refractivity contribution is 7.99. The molecule has 0 aliphatic carbocycles. The summed E-state index contributed by atoms with van der Waals surface area (Å²) in [7, 11) is 2.60. The van der Waals surface area contributed by atoms with Crippen molar-refractivity contribution in [3.63, 3.8) is 0 Å². The maximum atomic E-state index is 13.4. The van der Waals surface area contributed by atoms with Gasteiger partial charge in [-0.2, -0.15) is 0 Å². The van der Waals surface area contributed by atoms with Crippen LogP contribution in [0.2, 0.25) is 0 Å². The molecule has 2 unspecified atom stereocenters. The van der Waals surface area contributed by atoms with Gasteiger partial charge in [-0.25, -0.2) is 8.42 Å². The number of hydrogen-bond donors (Lipinski definition) is 0. The molecule has 2 aromatic carbocycles. The van der Waals surface area contributed by atoms with Crippen LogP contribution in [0.4, 0.5) is 0 Å². The van der Waals surface area contributed by atoms with Gasteiger partial charge >= 0.3 is 0 Å². The predicted molar refractivity (Wildman–Crippen MR) is 158 cm³/mol. The van der Waals surface area contributed by atoms with Crippen LogP contribution >= 0.6 is 11.8 Å². The average Bonchev–Trinajstić information content (AvgIpc) is 3.49. The van der Waals surface area contributed by atoms with Gasteiger partial charge in [0.25, 0.3) is 0 Å². The van der Waals surface area contributed by atoms with Crippen molar-refractivity contribution in [1.29, 1.82) is 0 Å². The molecule has 0 radical (unpaired) electrons. The first-order valence-electron chi connectivity index (χ1n) is 13.4. The number of pyridine rings is 1. The summed E-state index contributed by atoms with van der Waals surface area (Å²) in [6.07, 6.45) is 4.80. The lowest BCUT2D eigenvalue weighted by atomic mass is 10.0. The summed E-state index contributed by atoms with van der Waals surface area (Å²) < 4.78 is 61.5. The SMILES string of the molecule is CCCS(=O)(=O)c1cc(C2CCC(c3cc(OC)c(OC)c(OC)c3)O2)cc(OC)c1OCCSc1ccncc1. The molecular formula is C30H37NO8S2. The van der Waals surface area contributed by atoms with E-state index in [9.17, 15) is 8.42 Å². The van der Waals surface area contributed by atoms with E-state index < -0.39 is 9.84 Å². The quantitative estimate of drug-likeness (QED) is 0.159. The fourth-order valence-electron chi connectivity index (χ4n) is 4.84. The van der Waals surface area contributed by atoms with Crippen molar-refractivity contribution in [2.24, 2.45) is 0 Å². The number of hydrogen-bond acceptors (Lipinski definition) is 10. The Morgan fingerprint density at radius 2 is 1.41 bits per heavy atom. The Balaban J connectivity index is 1.60.